The SMILES string of the molecule is Cc1ccc(CNC(=O)NOCC(=O)O)cc1. The number of carbonyl (C=O) groups excluding carboxylic acids is 1. The van der Waals surface area contributed by atoms with E-state index in [0.717, 1.165) is 11.1 Å². The molecule has 92 valence electrons. The normalized spacial score (nSPS) is 9.71. The van der Waals surface area contributed by atoms with Gasteiger partial charge in [0.1, 0.15) is 0 Å². The number of carbonyl (C=O) groups is 2. The number of carboxylic acid groups (broad SMARTS) is 1. The van der Waals surface area contributed by atoms with Gasteiger partial charge in [-0.05, 0) is 12.5 Å². The molecule has 0 saturated heterocycles. The topological polar surface area (TPSA) is 87.7 Å². The molecular formula is C11H14N2O4. The van der Waals surface area contributed by atoms with E-state index < -0.39 is 18.6 Å². The number of benzene rings is 1. The molecule has 0 aliphatic carbocycles. The van der Waals surface area contributed by atoms with Crippen molar-refractivity contribution in [3.63, 3.8) is 0 Å². The van der Waals surface area contributed by atoms with Crippen molar-refractivity contribution in [2.24, 2.45) is 0 Å². The van der Waals surface area contributed by atoms with Crippen LogP contribution in [0, 0.1) is 6.92 Å². The number of carboxylic acids is 1. The number of hydroxylamine groups is 1. The van der Waals surface area contributed by atoms with Gasteiger partial charge in [-0.15, -0.1) is 0 Å². The van der Waals surface area contributed by atoms with Crippen molar-refractivity contribution >= 4 is 12.0 Å². The van der Waals surface area contributed by atoms with E-state index in [-0.39, 0.29) is 0 Å². The summed E-state index contributed by atoms with van der Waals surface area (Å²) in [6.07, 6.45) is 0. The Labute approximate surface area is 98.5 Å². The van der Waals surface area contributed by atoms with Crippen molar-refractivity contribution < 1.29 is 19.5 Å². The summed E-state index contributed by atoms with van der Waals surface area (Å²) in [5, 5.41) is 10.8. The summed E-state index contributed by atoms with van der Waals surface area (Å²) < 4.78 is 0. The number of rotatable bonds is 5. The fourth-order valence-corrected chi connectivity index (χ4v) is 1.09. The van der Waals surface area contributed by atoms with Gasteiger partial charge >= 0.3 is 12.0 Å². The summed E-state index contributed by atoms with van der Waals surface area (Å²) in [6, 6.07) is 7.10. The lowest BCUT2D eigenvalue weighted by molar-refractivity contribution is -0.144. The molecule has 2 amide bonds. The summed E-state index contributed by atoms with van der Waals surface area (Å²) in [5.74, 6) is -1.15. The van der Waals surface area contributed by atoms with Crippen LogP contribution in [0.3, 0.4) is 0 Å². The minimum absolute atomic E-state index is 0.350. The van der Waals surface area contributed by atoms with Crippen LogP contribution in [0.15, 0.2) is 24.3 Å². The van der Waals surface area contributed by atoms with Gasteiger partial charge in [-0.1, -0.05) is 29.8 Å². The predicted molar refractivity (Wildman–Crippen MR) is 60.1 cm³/mol. The van der Waals surface area contributed by atoms with E-state index in [9.17, 15) is 9.59 Å². The Morgan fingerprint density at radius 2 is 1.94 bits per heavy atom. The van der Waals surface area contributed by atoms with E-state index in [1.54, 1.807) is 0 Å². The first-order valence-corrected chi connectivity index (χ1v) is 5.01. The second-order valence-corrected chi connectivity index (χ2v) is 3.45. The molecule has 0 bridgehead atoms. The number of aryl methyl sites for hydroxylation is 1. The Hall–Kier alpha value is -2.08. The van der Waals surface area contributed by atoms with E-state index in [4.69, 9.17) is 5.11 Å². The van der Waals surface area contributed by atoms with Crippen molar-refractivity contribution in [2.45, 2.75) is 13.5 Å². The fraction of sp³-hybridized carbons (Fsp3) is 0.273. The molecule has 1 rings (SSSR count). The van der Waals surface area contributed by atoms with Crippen molar-refractivity contribution in [1.82, 2.24) is 10.8 Å². The summed E-state index contributed by atoms with van der Waals surface area (Å²) in [5.41, 5.74) is 4.05. The molecule has 3 N–H and O–H groups in total. The molecule has 17 heavy (non-hydrogen) atoms. The van der Waals surface area contributed by atoms with Crippen LogP contribution >= 0.6 is 0 Å². The molecule has 0 aromatic heterocycles. The molecule has 0 saturated carbocycles. The number of urea groups is 1. The number of nitrogens with one attached hydrogen (secondary N) is 2. The number of aliphatic carboxylic acids is 1. The highest BCUT2D eigenvalue weighted by Gasteiger charge is 2.02. The molecule has 0 aliphatic heterocycles. The minimum Gasteiger partial charge on any atom is -0.479 e. The largest absolute Gasteiger partial charge is 0.479 e. The lowest BCUT2D eigenvalue weighted by atomic mass is 10.1. The summed E-state index contributed by atoms with van der Waals surface area (Å²) in [4.78, 5) is 25.6. The van der Waals surface area contributed by atoms with E-state index in [2.05, 4.69) is 10.2 Å². The Kier molecular flexibility index (Phi) is 4.96. The average Bonchev–Trinajstić information content (AvgIpc) is 2.28. The quantitative estimate of drug-likeness (QED) is 0.662. The first-order valence-electron chi connectivity index (χ1n) is 5.01. The van der Waals surface area contributed by atoms with Crippen LogP contribution in [-0.4, -0.2) is 23.7 Å². The van der Waals surface area contributed by atoms with Crippen molar-refractivity contribution in [3.8, 4) is 0 Å². The molecule has 0 unspecified atom stereocenters. The fourth-order valence-electron chi connectivity index (χ4n) is 1.09. The monoisotopic (exact) mass is 238 g/mol. The van der Waals surface area contributed by atoms with Gasteiger partial charge in [0, 0.05) is 6.54 Å². The molecule has 0 fully saturated rings. The van der Waals surface area contributed by atoms with Gasteiger partial charge in [-0.25, -0.2) is 15.1 Å². The number of amides is 2. The van der Waals surface area contributed by atoms with E-state index in [0.29, 0.717) is 6.54 Å². The molecule has 1 aromatic carbocycles. The van der Waals surface area contributed by atoms with Crippen molar-refractivity contribution in [3.05, 3.63) is 35.4 Å². The second-order valence-electron chi connectivity index (χ2n) is 3.45. The number of hydrogen-bond acceptors (Lipinski definition) is 3. The lowest BCUT2D eigenvalue weighted by Gasteiger charge is -2.06. The molecule has 0 radical (unpaired) electrons. The lowest BCUT2D eigenvalue weighted by Crippen LogP contribution is -2.36. The molecule has 6 heteroatoms. The molecule has 0 spiro atoms. The second kappa shape index (κ2) is 6.49. The maximum atomic E-state index is 11.1. The van der Waals surface area contributed by atoms with Crippen LogP contribution in [0.2, 0.25) is 0 Å². The van der Waals surface area contributed by atoms with E-state index >= 15 is 0 Å². The molecule has 0 heterocycles. The molecule has 0 atom stereocenters. The zero-order chi connectivity index (χ0) is 12.7. The molecule has 1 aromatic rings. The maximum Gasteiger partial charge on any atom is 0.338 e. The highest BCUT2D eigenvalue weighted by atomic mass is 16.7. The van der Waals surface area contributed by atoms with Crippen molar-refractivity contribution in [1.29, 1.82) is 0 Å². The maximum absolute atomic E-state index is 11.1. The van der Waals surface area contributed by atoms with Crippen LogP contribution in [0.25, 0.3) is 0 Å². The first kappa shape index (κ1) is 13.0. The average molecular weight is 238 g/mol. The Balaban J connectivity index is 2.23. The molecule has 6 nitrogen and oxygen atoms in total. The minimum atomic E-state index is -1.15. The molecule has 0 aliphatic rings. The van der Waals surface area contributed by atoms with E-state index in [1.165, 1.54) is 0 Å². The van der Waals surface area contributed by atoms with Gasteiger partial charge in [0.15, 0.2) is 6.61 Å². The van der Waals surface area contributed by atoms with Crippen LogP contribution in [0.4, 0.5) is 4.79 Å². The van der Waals surface area contributed by atoms with E-state index in [1.807, 2.05) is 36.7 Å². The standard InChI is InChI=1S/C11H14N2O4/c1-8-2-4-9(5-3-8)6-12-11(16)13-17-7-10(14)15/h2-5H,6-7H2,1H3,(H,14,15)(H2,12,13,16). The highest BCUT2D eigenvalue weighted by Crippen LogP contribution is 2.02. The van der Waals surface area contributed by atoms with Gasteiger partial charge in [0.25, 0.3) is 0 Å². The zero-order valence-corrected chi connectivity index (χ0v) is 9.40. The third-order valence-electron chi connectivity index (χ3n) is 1.93. The van der Waals surface area contributed by atoms with Crippen LogP contribution in [0.5, 0.6) is 0 Å². The Morgan fingerprint density at radius 1 is 1.29 bits per heavy atom. The predicted octanol–water partition coefficient (Wildman–Crippen LogP) is 0.810. The van der Waals surface area contributed by atoms with Crippen LogP contribution < -0.4 is 10.8 Å². The zero-order valence-electron chi connectivity index (χ0n) is 9.40. The Bertz CT molecular complexity index is 389. The van der Waals surface area contributed by atoms with Crippen molar-refractivity contribution in [2.75, 3.05) is 6.61 Å². The van der Waals surface area contributed by atoms with Gasteiger partial charge in [-0.2, -0.15) is 0 Å². The van der Waals surface area contributed by atoms with Gasteiger partial charge in [0.2, 0.25) is 0 Å². The highest BCUT2D eigenvalue weighted by molar-refractivity contribution is 5.73. The smallest absolute Gasteiger partial charge is 0.338 e. The first-order chi connectivity index (χ1) is 8.08. The van der Waals surface area contributed by atoms with Crippen LogP contribution in [-0.2, 0) is 16.2 Å². The molecular weight excluding hydrogens is 224 g/mol. The third kappa shape index (κ3) is 5.53. The summed E-state index contributed by atoms with van der Waals surface area (Å²) in [6.45, 7) is 1.75. The third-order valence-corrected chi connectivity index (χ3v) is 1.93. The summed E-state index contributed by atoms with van der Waals surface area (Å²) >= 11 is 0. The van der Waals surface area contributed by atoms with Gasteiger partial charge in [-0.3, -0.25) is 4.84 Å². The number of hydrogen-bond donors (Lipinski definition) is 3. The van der Waals surface area contributed by atoms with Gasteiger partial charge < -0.3 is 10.4 Å². The Morgan fingerprint density at radius 3 is 2.53 bits per heavy atom. The van der Waals surface area contributed by atoms with Crippen LogP contribution in [0.1, 0.15) is 11.1 Å². The van der Waals surface area contributed by atoms with Gasteiger partial charge in [0.05, 0.1) is 0 Å². The summed E-state index contributed by atoms with van der Waals surface area (Å²) in [7, 11) is 0.